The highest BCUT2D eigenvalue weighted by atomic mass is 35.5. The smallest absolute Gasteiger partial charge is 0.251 e. The number of aromatic nitrogens is 2. The van der Waals surface area contributed by atoms with Crippen LogP contribution in [0.2, 0.25) is 5.02 Å². The van der Waals surface area contributed by atoms with Gasteiger partial charge >= 0.3 is 0 Å². The van der Waals surface area contributed by atoms with E-state index in [1.165, 1.54) is 12.1 Å². The molecule has 0 bridgehead atoms. The Labute approximate surface area is 192 Å². The number of furan rings is 1. The fourth-order valence-corrected chi connectivity index (χ4v) is 4.24. The minimum absolute atomic E-state index is 0.443. The number of hydrogen-bond acceptors (Lipinski definition) is 6. The second kappa shape index (κ2) is 8.45. The van der Waals surface area contributed by atoms with Crippen LogP contribution in [0.25, 0.3) is 34.2 Å². The second-order valence-electron chi connectivity index (χ2n) is 8.40. The SMILES string of the molecule is Cc1oc(-c2ccc(Cl)cc2)cc1-c1nnc(-c2ccc(N3CCC(N(C)C)C3)cc2)o1. The zero-order valence-corrected chi connectivity index (χ0v) is 19.1. The van der Waals surface area contributed by atoms with Gasteiger partial charge in [0.25, 0.3) is 5.89 Å². The molecule has 7 heteroatoms. The van der Waals surface area contributed by atoms with Crippen LogP contribution >= 0.6 is 11.6 Å². The van der Waals surface area contributed by atoms with Gasteiger partial charge in [0.1, 0.15) is 11.5 Å². The summed E-state index contributed by atoms with van der Waals surface area (Å²) in [4.78, 5) is 4.71. The van der Waals surface area contributed by atoms with Crippen LogP contribution in [0, 0.1) is 6.92 Å². The Morgan fingerprint density at radius 2 is 1.62 bits per heavy atom. The summed E-state index contributed by atoms with van der Waals surface area (Å²) in [7, 11) is 4.29. The van der Waals surface area contributed by atoms with Gasteiger partial charge in [-0.05, 0) is 82.0 Å². The molecule has 0 amide bonds. The predicted molar refractivity (Wildman–Crippen MR) is 127 cm³/mol. The van der Waals surface area contributed by atoms with Gasteiger partial charge in [-0.15, -0.1) is 10.2 Å². The molecule has 0 N–H and O–H groups in total. The minimum atomic E-state index is 0.443. The molecule has 6 nitrogen and oxygen atoms in total. The zero-order valence-electron chi connectivity index (χ0n) is 18.4. The topological polar surface area (TPSA) is 58.5 Å². The van der Waals surface area contributed by atoms with Crippen molar-refractivity contribution in [1.29, 1.82) is 0 Å². The molecule has 4 aromatic rings. The van der Waals surface area contributed by atoms with E-state index in [1.54, 1.807) is 0 Å². The van der Waals surface area contributed by atoms with Crippen LogP contribution < -0.4 is 4.90 Å². The number of nitrogens with zero attached hydrogens (tertiary/aromatic N) is 4. The fourth-order valence-electron chi connectivity index (χ4n) is 4.11. The van der Waals surface area contributed by atoms with Gasteiger partial charge in [0.15, 0.2) is 0 Å². The summed E-state index contributed by atoms with van der Waals surface area (Å²) in [6, 6.07) is 18.4. The molecule has 0 radical (unpaired) electrons. The van der Waals surface area contributed by atoms with E-state index in [0.29, 0.717) is 22.8 Å². The third kappa shape index (κ3) is 4.04. The standard InChI is InChI=1S/C25H25ClN4O2/c1-16-22(14-23(31-16)17-4-8-19(26)9-5-17)25-28-27-24(32-25)18-6-10-20(11-7-18)30-13-12-21(15-30)29(2)3/h4-11,14,21H,12-13,15H2,1-3H3. The van der Waals surface area contributed by atoms with E-state index < -0.39 is 0 Å². The molecular formula is C25H25ClN4O2. The summed E-state index contributed by atoms with van der Waals surface area (Å²) in [6.45, 7) is 4.01. The Morgan fingerprint density at radius 3 is 2.31 bits per heavy atom. The average Bonchev–Trinajstić information content (AvgIpc) is 3.54. The molecule has 1 unspecified atom stereocenters. The summed E-state index contributed by atoms with van der Waals surface area (Å²) in [6.07, 6.45) is 1.18. The first-order valence-corrected chi connectivity index (χ1v) is 11.1. The zero-order chi connectivity index (χ0) is 22.2. The monoisotopic (exact) mass is 448 g/mol. The van der Waals surface area contributed by atoms with Gasteiger partial charge in [0, 0.05) is 41.0 Å². The average molecular weight is 449 g/mol. The molecule has 1 atom stereocenters. The summed E-state index contributed by atoms with van der Waals surface area (Å²) in [5.41, 5.74) is 3.85. The van der Waals surface area contributed by atoms with Crippen LogP contribution in [0.4, 0.5) is 5.69 Å². The third-order valence-corrected chi connectivity index (χ3v) is 6.33. The van der Waals surface area contributed by atoms with E-state index in [1.807, 2.05) is 49.4 Å². The Kier molecular flexibility index (Phi) is 5.49. The largest absolute Gasteiger partial charge is 0.461 e. The van der Waals surface area contributed by atoms with Crippen LogP contribution in [0.5, 0.6) is 0 Å². The molecule has 1 fully saturated rings. The Balaban J connectivity index is 1.35. The lowest BCUT2D eigenvalue weighted by molar-refractivity contribution is 0.315. The normalized spacial score (nSPS) is 16.3. The molecule has 1 aliphatic rings. The maximum absolute atomic E-state index is 6.00. The van der Waals surface area contributed by atoms with Crippen LogP contribution in [-0.4, -0.2) is 48.3 Å². The highest BCUT2D eigenvalue weighted by molar-refractivity contribution is 6.30. The number of halogens is 1. The lowest BCUT2D eigenvalue weighted by Gasteiger charge is -2.21. The highest BCUT2D eigenvalue weighted by Gasteiger charge is 2.24. The van der Waals surface area contributed by atoms with E-state index >= 15 is 0 Å². The Hall–Kier alpha value is -3.09. The molecule has 0 saturated carbocycles. The lowest BCUT2D eigenvalue weighted by Crippen LogP contribution is -2.31. The first-order valence-electron chi connectivity index (χ1n) is 10.7. The lowest BCUT2D eigenvalue weighted by atomic mass is 10.1. The molecule has 0 spiro atoms. The number of benzene rings is 2. The molecule has 1 saturated heterocycles. The van der Waals surface area contributed by atoms with Crippen molar-refractivity contribution in [1.82, 2.24) is 15.1 Å². The fraction of sp³-hybridized carbons (Fsp3) is 0.280. The van der Waals surface area contributed by atoms with Crippen LogP contribution in [0.1, 0.15) is 12.2 Å². The van der Waals surface area contributed by atoms with Crippen molar-refractivity contribution in [3.8, 4) is 34.2 Å². The molecule has 0 aliphatic carbocycles. The molecule has 1 aliphatic heterocycles. The van der Waals surface area contributed by atoms with Crippen molar-refractivity contribution in [2.45, 2.75) is 19.4 Å². The molecule has 2 aromatic heterocycles. The Bertz CT molecular complexity index is 1210. The predicted octanol–water partition coefficient (Wildman–Crippen LogP) is 5.77. The summed E-state index contributed by atoms with van der Waals surface area (Å²) in [5.74, 6) is 2.40. The number of rotatable bonds is 5. The molecule has 3 heterocycles. The third-order valence-electron chi connectivity index (χ3n) is 6.07. The highest BCUT2D eigenvalue weighted by Crippen LogP contribution is 2.34. The van der Waals surface area contributed by atoms with Gasteiger partial charge in [0.05, 0.1) is 5.56 Å². The first-order chi connectivity index (χ1) is 15.5. The quantitative estimate of drug-likeness (QED) is 0.386. The van der Waals surface area contributed by atoms with Crippen molar-refractivity contribution < 1.29 is 8.83 Å². The van der Waals surface area contributed by atoms with Crippen LogP contribution in [0.3, 0.4) is 0 Å². The molecule has 32 heavy (non-hydrogen) atoms. The van der Waals surface area contributed by atoms with Gasteiger partial charge < -0.3 is 18.6 Å². The van der Waals surface area contributed by atoms with E-state index in [0.717, 1.165) is 41.3 Å². The number of aryl methyl sites for hydroxylation is 1. The van der Waals surface area contributed by atoms with Crippen molar-refractivity contribution in [2.24, 2.45) is 0 Å². The summed E-state index contributed by atoms with van der Waals surface area (Å²) in [5, 5.41) is 9.21. The molecule has 2 aromatic carbocycles. The number of hydrogen-bond donors (Lipinski definition) is 0. The molecular weight excluding hydrogens is 424 g/mol. The summed E-state index contributed by atoms with van der Waals surface area (Å²) < 4.78 is 11.9. The number of likely N-dealkylation sites (N-methyl/N-ethyl adjacent to an activating group) is 1. The first kappa shape index (κ1) is 20.8. The van der Waals surface area contributed by atoms with E-state index in [9.17, 15) is 0 Å². The van der Waals surface area contributed by atoms with Gasteiger partial charge in [-0.1, -0.05) is 11.6 Å². The maximum Gasteiger partial charge on any atom is 0.251 e. The maximum atomic E-state index is 6.00. The molecule has 164 valence electrons. The van der Waals surface area contributed by atoms with E-state index in [4.69, 9.17) is 20.4 Å². The van der Waals surface area contributed by atoms with Crippen LogP contribution in [0.15, 0.2) is 63.4 Å². The van der Waals surface area contributed by atoms with Gasteiger partial charge in [-0.2, -0.15) is 0 Å². The minimum Gasteiger partial charge on any atom is -0.461 e. The van der Waals surface area contributed by atoms with Crippen molar-refractivity contribution in [2.75, 3.05) is 32.1 Å². The van der Waals surface area contributed by atoms with Crippen molar-refractivity contribution in [3.63, 3.8) is 0 Å². The van der Waals surface area contributed by atoms with E-state index in [-0.39, 0.29) is 0 Å². The van der Waals surface area contributed by atoms with E-state index in [2.05, 4.69) is 46.2 Å². The Morgan fingerprint density at radius 1 is 0.938 bits per heavy atom. The van der Waals surface area contributed by atoms with Gasteiger partial charge in [0.2, 0.25) is 5.89 Å². The van der Waals surface area contributed by atoms with Crippen molar-refractivity contribution >= 4 is 17.3 Å². The van der Waals surface area contributed by atoms with Gasteiger partial charge in [-0.3, -0.25) is 0 Å². The number of anilines is 1. The second-order valence-corrected chi connectivity index (χ2v) is 8.84. The van der Waals surface area contributed by atoms with Gasteiger partial charge in [-0.25, -0.2) is 0 Å². The van der Waals surface area contributed by atoms with Crippen LogP contribution in [-0.2, 0) is 0 Å². The summed E-state index contributed by atoms with van der Waals surface area (Å²) >= 11 is 5.99. The molecule has 5 rings (SSSR count). The van der Waals surface area contributed by atoms with Crippen molar-refractivity contribution in [3.05, 3.63) is 65.4 Å².